The van der Waals surface area contributed by atoms with Gasteiger partial charge in [0.05, 0.1) is 44.7 Å². The van der Waals surface area contributed by atoms with E-state index in [9.17, 15) is 76.6 Å². The molecule has 0 radical (unpaired) electrons. The second kappa shape index (κ2) is 19.8. The molecule has 4 aliphatic carbocycles. The number of ether oxygens (including phenoxy) is 8. The van der Waals surface area contributed by atoms with Crippen LogP contribution in [0.1, 0.15) is 72.1 Å². The summed E-state index contributed by atoms with van der Waals surface area (Å²) < 4.78 is 46.4. The summed E-state index contributed by atoms with van der Waals surface area (Å²) >= 11 is 0. The molecule has 1 spiro atoms. The first-order chi connectivity index (χ1) is 31.5. The standard InChI is InChI=1S/C44H74O23/c1-41(2)22-6-9-43-10-17(44(59,15-43)16-62-39-35(57)31(53)27(49)20(65-39)13-60-37-33(55)29(51)25(47)18(11-45)63-37)4-5-23(43)42(22,3)8-7-24(41)67-40-36(58)32(54)28(50)21(66-40)14-61-38-34(56)30(52)26(48)19(12-46)64-38/h17-40,45-59H,4-16H2,1-3H3. The van der Waals surface area contributed by atoms with Gasteiger partial charge in [-0.3, -0.25) is 0 Å². The molecular formula is C44H74O23. The van der Waals surface area contributed by atoms with Crippen LogP contribution < -0.4 is 0 Å². The highest BCUT2D eigenvalue weighted by Gasteiger charge is 2.69. The molecule has 388 valence electrons. The van der Waals surface area contributed by atoms with Crippen molar-refractivity contribution in [2.75, 3.05) is 33.0 Å². The maximum atomic E-state index is 12.4. The van der Waals surface area contributed by atoms with Gasteiger partial charge in [0.1, 0.15) is 97.7 Å². The van der Waals surface area contributed by atoms with E-state index in [0.29, 0.717) is 19.3 Å². The largest absolute Gasteiger partial charge is 0.394 e. The van der Waals surface area contributed by atoms with Crippen LogP contribution in [-0.2, 0) is 37.9 Å². The second-order valence-electron chi connectivity index (χ2n) is 21.7. The van der Waals surface area contributed by atoms with Crippen LogP contribution in [0.5, 0.6) is 0 Å². The molecule has 4 saturated heterocycles. The highest BCUT2D eigenvalue weighted by molar-refractivity contribution is 5.18. The zero-order valence-corrected chi connectivity index (χ0v) is 38.0. The fourth-order valence-corrected chi connectivity index (χ4v) is 13.8. The van der Waals surface area contributed by atoms with Crippen LogP contribution in [0.15, 0.2) is 0 Å². The number of rotatable bonds is 13. The number of aliphatic hydroxyl groups is 15. The minimum Gasteiger partial charge on any atom is -0.394 e. The number of fused-ring (bicyclic) bond motifs is 3. The first-order valence-corrected chi connectivity index (χ1v) is 23.7. The van der Waals surface area contributed by atoms with Gasteiger partial charge in [-0.25, -0.2) is 0 Å². The molecule has 0 aromatic carbocycles. The summed E-state index contributed by atoms with van der Waals surface area (Å²) in [5.41, 5.74) is -2.24. The first kappa shape index (κ1) is 52.4. The van der Waals surface area contributed by atoms with E-state index in [2.05, 4.69) is 20.8 Å². The van der Waals surface area contributed by atoms with Crippen LogP contribution in [0.4, 0.5) is 0 Å². The van der Waals surface area contributed by atoms with Gasteiger partial charge in [-0.1, -0.05) is 20.8 Å². The summed E-state index contributed by atoms with van der Waals surface area (Å²) in [7, 11) is 0. The lowest BCUT2D eigenvalue weighted by Crippen LogP contribution is -2.63. The molecule has 4 heterocycles. The SMILES string of the molecule is CC1(C)C(OC2OC(COC3OC(CO)C(O)C(O)C3O)C(O)C(O)C2O)CCC2(C)C3CCC4CC3(CCC12)CC4(O)COC1OC(COC2OC(CO)C(O)C(O)C2O)C(O)C(O)C1O. The Kier molecular flexibility index (Phi) is 15.5. The topological polar surface area (TPSA) is 377 Å². The summed E-state index contributed by atoms with van der Waals surface area (Å²) in [5.74, 6) is 0.194. The Bertz CT molecular complexity index is 1660. The van der Waals surface area contributed by atoms with Crippen molar-refractivity contribution in [2.45, 2.75) is 207 Å². The summed E-state index contributed by atoms with van der Waals surface area (Å²) in [6.45, 7) is 3.95. The molecule has 0 amide bonds. The summed E-state index contributed by atoms with van der Waals surface area (Å²) in [6, 6.07) is 0. The van der Waals surface area contributed by atoms with E-state index < -0.39 is 166 Å². The predicted molar refractivity (Wildman–Crippen MR) is 220 cm³/mol. The molecule has 23 nitrogen and oxygen atoms in total. The quantitative estimate of drug-likeness (QED) is 0.0765. The van der Waals surface area contributed by atoms with E-state index in [0.717, 1.165) is 32.1 Å². The third-order valence-corrected chi connectivity index (χ3v) is 17.5. The van der Waals surface area contributed by atoms with E-state index in [1.54, 1.807) is 0 Å². The average Bonchev–Trinajstić information content (AvgIpc) is 3.50. The lowest BCUT2D eigenvalue weighted by Gasteiger charge is -2.65. The van der Waals surface area contributed by atoms with Gasteiger partial charge in [-0.15, -0.1) is 0 Å². The van der Waals surface area contributed by atoms with Gasteiger partial charge in [0, 0.05) is 0 Å². The van der Waals surface area contributed by atoms with Crippen molar-refractivity contribution < 1.29 is 114 Å². The summed E-state index contributed by atoms with van der Waals surface area (Å²) in [6.07, 6.45) is -26.0. The van der Waals surface area contributed by atoms with Crippen LogP contribution in [0.25, 0.3) is 0 Å². The lowest BCUT2D eigenvalue weighted by atomic mass is 9.41. The lowest BCUT2D eigenvalue weighted by molar-refractivity contribution is -0.345. The van der Waals surface area contributed by atoms with Crippen molar-refractivity contribution in [1.29, 1.82) is 0 Å². The maximum Gasteiger partial charge on any atom is 0.186 e. The average molecular weight is 971 g/mol. The van der Waals surface area contributed by atoms with Gasteiger partial charge < -0.3 is 114 Å². The van der Waals surface area contributed by atoms with Crippen LogP contribution in [0.2, 0.25) is 0 Å². The van der Waals surface area contributed by atoms with Gasteiger partial charge in [-0.05, 0) is 85.4 Å². The Morgan fingerprint density at radius 3 is 1.43 bits per heavy atom. The van der Waals surface area contributed by atoms with E-state index in [1.807, 2.05) is 0 Å². The second-order valence-corrected chi connectivity index (χ2v) is 21.7. The molecule has 8 rings (SSSR count). The molecule has 27 unspecified atom stereocenters. The van der Waals surface area contributed by atoms with E-state index in [4.69, 9.17) is 37.9 Å². The predicted octanol–water partition coefficient (Wildman–Crippen LogP) is -5.59. The summed E-state index contributed by atoms with van der Waals surface area (Å²) in [4.78, 5) is 0. The minimum absolute atomic E-state index is 0.123. The molecule has 4 aliphatic heterocycles. The Morgan fingerprint density at radius 1 is 0.478 bits per heavy atom. The van der Waals surface area contributed by atoms with Gasteiger partial charge in [0.15, 0.2) is 25.2 Å². The van der Waals surface area contributed by atoms with Crippen molar-refractivity contribution in [3.63, 3.8) is 0 Å². The molecule has 23 heteroatoms. The van der Waals surface area contributed by atoms with E-state index >= 15 is 0 Å². The van der Waals surface area contributed by atoms with Crippen LogP contribution in [-0.4, -0.2) is 244 Å². The molecule has 0 aromatic rings. The van der Waals surface area contributed by atoms with Crippen molar-refractivity contribution in [1.82, 2.24) is 0 Å². The Hall–Kier alpha value is -0.920. The molecule has 15 N–H and O–H groups in total. The molecule has 2 bridgehead atoms. The van der Waals surface area contributed by atoms with Gasteiger partial charge in [-0.2, -0.15) is 0 Å². The Labute approximate surface area is 387 Å². The van der Waals surface area contributed by atoms with Crippen molar-refractivity contribution in [2.24, 2.45) is 34.0 Å². The van der Waals surface area contributed by atoms with Crippen LogP contribution >= 0.6 is 0 Å². The van der Waals surface area contributed by atoms with E-state index in [-0.39, 0.29) is 35.2 Å². The normalized spacial score (nSPS) is 55.4. The Balaban J connectivity index is 0.884. The molecule has 8 fully saturated rings. The van der Waals surface area contributed by atoms with Crippen LogP contribution in [0, 0.1) is 34.0 Å². The zero-order valence-electron chi connectivity index (χ0n) is 38.0. The highest BCUT2D eigenvalue weighted by Crippen LogP contribution is 2.73. The number of hydrogen-bond donors (Lipinski definition) is 15. The van der Waals surface area contributed by atoms with Crippen LogP contribution in [0.3, 0.4) is 0 Å². The molecular weight excluding hydrogens is 896 g/mol. The van der Waals surface area contributed by atoms with Crippen molar-refractivity contribution in [3.8, 4) is 0 Å². The number of aliphatic hydroxyl groups excluding tert-OH is 14. The van der Waals surface area contributed by atoms with Gasteiger partial charge >= 0.3 is 0 Å². The third-order valence-electron chi connectivity index (χ3n) is 17.5. The maximum absolute atomic E-state index is 12.4. The van der Waals surface area contributed by atoms with Crippen molar-refractivity contribution >= 4 is 0 Å². The fourth-order valence-electron chi connectivity index (χ4n) is 13.8. The molecule has 0 aromatic heterocycles. The van der Waals surface area contributed by atoms with E-state index in [1.165, 1.54) is 0 Å². The van der Waals surface area contributed by atoms with Gasteiger partial charge in [0.2, 0.25) is 0 Å². The first-order valence-electron chi connectivity index (χ1n) is 23.7. The molecule has 8 aliphatic rings. The third kappa shape index (κ3) is 9.28. The smallest absolute Gasteiger partial charge is 0.186 e. The fraction of sp³-hybridized carbons (Fsp3) is 1.00. The molecule has 4 saturated carbocycles. The summed E-state index contributed by atoms with van der Waals surface area (Å²) in [5, 5.41) is 158. The monoisotopic (exact) mass is 970 g/mol. The number of hydrogen-bond acceptors (Lipinski definition) is 23. The molecule has 27 atom stereocenters. The highest BCUT2D eigenvalue weighted by atomic mass is 16.7. The van der Waals surface area contributed by atoms with Crippen molar-refractivity contribution in [3.05, 3.63) is 0 Å². The zero-order chi connectivity index (χ0) is 48.7. The Morgan fingerprint density at radius 2 is 0.925 bits per heavy atom. The molecule has 67 heavy (non-hydrogen) atoms. The minimum atomic E-state index is -1.75. The van der Waals surface area contributed by atoms with Gasteiger partial charge in [0.25, 0.3) is 0 Å².